The number of nitriles is 1. The second-order valence-electron chi connectivity index (χ2n) is 6.16. The van der Waals surface area contributed by atoms with Crippen LogP contribution in [0.4, 0.5) is 8.78 Å². The first-order valence-corrected chi connectivity index (χ1v) is 9.91. The Labute approximate surface area is 151 Å². The van der Waals surface area contributed by atoms with Crippen LogP contribution in [0.2, 0.25) is 0 Å². The van der Waals surface area contributed by atoms with E-state index in [1.807, 2.05) is 6.07 Å². The lowest BCUT2D eigenvalue weighted by atomic mass is 9.80. The molecule has 0 spiro atoms. The molecule has 1 aromatic carbocycles. The lowest BCUT2D eigenvalue weighted by Gasteiger charge is -2.30. The number of carbonyl (C=O) groups excluding carboxylic acids is 1. The maximum Gasteiger partial charge on any atom is 0.387 e. The molecule has 142 valence electrons. The van der Waals surface area contributed by atoms with E-state index in [9.17, 15) is 22.0 Å². The van der Waals surface area contributed by atoms with Crippen LogP contribution in [-0.2, 0) is 14.6 Å². The molecule has 1 saturated carbocycles. The summed E-state index contributed by atoms with van der Waals surface area (Å²) in [7, 11) is -3.68. The lowest BCUT2D eigenvalue weighted by Crippen LogP contribution is -2.39. The van der Waals surface area contributed by atoms with Gasteiger partial charge in [0.25, 0.3) is 0 Å². The highest BCUT2D eigenvalue weighted by atomic mass is 32.2. The van der Waals surface area contributed by atoms with Crippen molar-refractivity contribution in [3.8, 4) is 11.8 Å². The number of carbonyl (C=O) groups is 1. The van der Waals surface area contributed by atoms with Gasteiger partial charge in [-0.25, -0.2) is 8.42 Å². The third-order valence-electron chi connectivity index (χ3n) is 4.43. The van der Waals surface area contributed by atoms with Gasteiger partial charge >= 0.3 is 6.61 Å². The lowest BCUT2D eigenvalue weighted by molar-refractivity contribution is -0.127. The number of hydrogen-bond donors (Lipinski definition) is 1. The number of benzene rings is 1. The number of ether oxygens (including phenoxy) is 1. The van der Waals surface area contributed by atoms with Gasteiger partial charge in [0.15, 0.2) is 9.84 Å². The predicted molar refractivity (Wildman–Crippen MR) is 89.2 cm³/mol. The molecule has 6 nitrogen and oxygen atoms in total. The van der Waals surface area contributed by atoms with Crippen molar-refractivity contribution in [2.45, 2.75) is 37.2 Å². The normalized spacial score (nSPS) is 20.4. The molecule has 0 bridgehead atoms. The molecule has 1 fully saturated rings. The Balaban J connectivity index is 2.10. The summed E-state index contributed by atoms with van der Waals surface area (Å²) >= 11 is 0. The van der Waals surface area contributed by atoms with Crippen LogP contribution >= 0.6 is 0 Å². The molecule has 1 amide bonds. The average Bonchev–Trinajstić information content (AvgIpc) is 2.59. The van der Waals surface area contributed by atoms with Gasteiger partial charge < -0.3 is 10.1 Å². The Bertz CT molecular complexity index is 760. The third-order valence-corrected chi connectivity index (χ3v) is 6.29. The maximum atomic E-state index is 12.6. The predicted octanol–water partition coefficient (Wildman–Crippen LogP) is 2.51. The summed E-state index contributed by atoms with van der Waals surface area (Å²) < 4.78 is 53.8. The average molecular weight is 386 g/mol. The maximum absolute atomic E-state index is 12.6. The van der Waals surface area contributed by atoms with Gasteiger partial charge in [-0.15, -0.1) is 0 Å². The summed E-state index contributed by atoms with van der Waals surface area (Å²) in [6, 6.07) is 6.63. The minimum atomic E-state index is -3.68. The summed E-state index contributed by atoms with van der Waals surface area (Å²) in [5.74, 6) is -1.41. The van der Waals surface area contributed by atoms with Crippen molar-refractivity contribution in [3.63, 3.8) is 0 Å². The SMILES string of the molecule is N#CCNC(=O)[C@H]1CCCC[C@@H]1CS(=O)(=O)c1ccc(OC(F)F)cc1. The van der Waals surface area contributed by atoms with E-state index in [2.05, 4.69) is 10.1 Å². The molecule has 0 radical (unpaired) electrons. The van der Waals surface area contributed by atoms with E-state index >= 15 is 0 Å². The van der Waals surface area contributed by atoms with Crippen LogP contribution in [0, 0.1) is 23.2 Å². The second kappa shape index (κ2) is 8.94. The van der Waals surface area contributed by atoms with Crippen LogP contribution in [-0.4, -0.2) is 33.2 Å². The molecular formula is C17H20F2N2O4S. The molecule has 1 aromatic rings. The Kier molecular flexibility index (Phi) is 6.91. The zero-order valence-electron chi connectivity index (χ0n) is 14.0. The van der Waals surface area contributed by atoms with Gasteiger partial charge in [0, 0.05) is 5.92 Å². The van der Waals surface area contributed by atoms with E-state index in [-0.39, 0.29) is 34.8 Å². The number of sulfone groups is 1. The zero-order chi connectivity index (χ0) is 19.2. The van der Waals surface area contributed by atoms with Crippen LogP contribution in [0.1, 0.15) is 25.7 Å². The molecule has 0 aliphatic heterocycles. The molecule has 26 heavy (non-hydrogen) atoms. The van der Waals surface area contributed by atoms with Crippen molar-refractivity contribution >= 4 is 15.7 Å². The number of nitrogens with one attached hydrogen (secondary N) is 1. The number of halogens is 2. The monoisotopic (exact) mass is 386 g/mol. The molecular weight excluding hydrogens is 366 g/mol. The summed E-state index contributed by atoms with van der Waals surface area (Å²) in [6.45, 7) is -3.09. The third kappa shape index (κ3) is 5.39. The van der Waals surface area contributed by atoms with Gasteiger partial charge in [-0.3, -0.25) is 4.79 Å². The van der Waals surface area contributed by atoms with Gasteiger partial charge in [0.1, 0.15) is 12.3 Å². The van der Waals surface area contributed by atoms with Crippen molar-refractivity contribution in [1.29, 1.82) is 5.26 Å². The van der Waals surface area contributed by atoms with E-state index < -0.39 is 22.4 Å². The topological polar surface area (TPSA) is 96.3 Å². The summed E-state index contributed by atoms with van der Waals surface area (Å²) in [5, 5.41) is 11.1. The zero-order valence-corrected chi connectivity index (χ0v) is 14.8. The second-order valence-corrected chi connectivity index (χ2v) is 8.19. The standard InChI is InChI=1S/C17H20F2N2O4S/c18-17(19)25-13-5-7-14(8-6-13)26(23,24)11-12-3-1-2-4-15(12)16(22)21-10-9-20/h5-8,12,15,17H,1-4,10-11H2,(H,21,22)/t12-,15+/m1/s1. The van der Waals surface area contributed by atoms with Crippen LogP contribution in [0.25, 0.3) is 0 Å². The molecule has 1 aliphatic rings. The quantitative estimate of drug-likeness (QED) is 0.727. The van der Waals surface area contributed by atoms with Crippen LogP contribution in [0.15, 0.2) is 29.2 Å². The molecule has 9 heteroatoms. The molecule has 2 rings (SSSR count). The van der Waals surface area contributed by atoms with Crippen molar-refractivity contribution in [1.82, 2.24) is 5.32 Å². The number of rotatable bonds is 7. The Morgan fingerprint density at radius 3 is 2.54 bits per heavy atom. The molecule has 0 saturated heterocycles. The number of nitrogens with zero attached hydrogens (tertiary/aromatic N) is 1. The van der Waals surface area contributed by atoms with Gasteiger partial charge in [-0.2, -0.15) is 14.0 Å². The van der Waals surface area contributed by atoms with Crippen LogP contribution in [0.5, 0.6) is 5.75 Å². The minimum absolute atomic E-state index is 0.000808. The molecule has 0 unspecified atom stereocenters. The first-order chi connectivity index (χ1) is 12.3. The largest absolute Gasteiger partial charge is 0.435 e. The highest BCUT2D eigenvalue weighted by Crippen LogP contribution is 2.33. The summed E-state index contributed by atoms with van der Waals surface area (Å²) in [4.78, 5) is 12.2. The van der Waals surface area contributed by atoms with Gasteiger partial charge in [0.05, 0.1) is 16.7 Å². The molecule has 2 atom stereocenters. The highest BCUT2D eigenvalue weighted by Gasteiger charge is 2.34. The van der Waals surface area contributed by atoms with Gasteiger partial charge in [-0.05, 0) is 43.0 Å². The first-order valence-electron chi connectivity index (χ1n) is 8.26. The fourth-order valence-corrected chi connectivity index (χ4v) is 4.92. The summed E-state index contributed by atoms with van der Waals surface area (Å²) in [5.41, 5.74) is 0. The highest BCUT2D eigenvalue weighted by molar-refractivity contribution is 7.91. The molecule has 0 aromatic heterocycles. The van der Waals surface area contributed by atoms with Gasteiger partial charge in [-0.1, -0.05) is 12.8 Å². The number of amides is 1. The molecule has 0 heterocycles. The number of hydrogen-bond acceptors (Lipinski definition) is 5. The summed E-state index contributed by atoms with van der Waals surface area (Å²) in [6.07, 6.45) is 2.86. The van der Waals surface area contributed by atoms with Crippen molar-refractivity contribution in [3.05, 3.63) is 24.3 Å². The fourth-order valence-electron chi connectivity index (χ4n) is 3.22. The number of alkyl halides is 2. The first kappa shape index (κ1) is 20.1. The van der Waals surface area contributed by atoms with Crippen molar-refractivity contribution < 1.29 is 26.7 Å². The van der Waals surface area contributed by atoms with Crippen molar-refractivity contribution in [2.75, 3.05) is 12.3 Å². The van der Waals surface area contributed by atoms with Crippen LogP contribution < -0.4 is 10.1 Å². The Morgan fingerprint density at radius 1 is 1.27 bits per heavy atom. The van der Waals surface area contributed by atoms with Gasteiger partial charge in [0.2, 0.25) is 5.91 Å². The van der Waals surface area contributed by atoms with E-state index in [1.165, 1.54) is 24.3 Å². The Morgan fingerprint density at radius 2 is 1.92 bits per heavy atom. The van der Waals surface area contributed by atoms with E-state index in [4.69, 9.17) is 5.26 Å². The van der Waals surface area contributed by atoms with Crippen LogP contribution in [0.3, 0.4) is 0 Å². The van der Waals surface area contributed by atoms with E-state index in [1.54, 1.807) is 0 Å². The molecule has 1 N–H and O–H groups in total. The smallest absolute Gasteiger partial charge is 0.387 e. The minimum Gasteiger partial charge on any atom is -0.435 e. The van der Waals surface area contributed by atoms with E-state index in [0.717, 1.165) is 12.8 Å². The van der Waals surface area contributed by atoms with E-state index in [0.29, 0.717) is 12.8 Å². The van der Waals surface area contributed by atoms with Crippen molar-refractivity contribution in [2.24, 2.45) is 11.8 Å². The Hall–Kier alpha value is -2.21. The fraction of sp³-hybridized carbons (Fsp3) is 0.529. The molecule has 1 aliphatic carbocycles.